The first-order chi connectivity index (χ1) is 9.49. The predicted octanol–water partition coefficient (Wildman–Crippen LogP) is 1.72. The van der Waals surface area contributed by atoms with E-state index in [1.807, 2.05) is 0 Å². The highest BCUT2D eigenvalue weighted by Crippen LogP contribution is 2.38. The van der Waals surface area contributed by atoms with Gasteiger partial charge in [0.1, 0.15) is 0 Å². The molecule has 1 aromatic carbocycles. The van der Waals surface area contributed by atoms with Crippen LogP contribution >= 0.6 is 0 Å². The summed E-state index contributed by atoms with van der Waals surface area (Å²) in [5.41, 5.74) is -0.245. The van der Waals surface area contributed by atoms with E-state index in [0.717, 1.165) is 6.07 Å². The third kappa shape index (κ3) is 2.40. The van der Waals surface area contributed by atoms with Crippen molar-refractivity contribution in [2.45, 2.75) is 12.5 Å². The van der Waals surface area contributed by atoms with Crippen LogP contribution in [0.5, 0.6) is 11.5 Å². The van der Waals surface area contributed by atoms with E-state index in [0.29, 0.717) is 0 Å². The Bertz CT molecular complexity index is 507. The van der Waals surface area contributed by atoms with E-state index in [4.69, 9.17) is 14.6 Å². The van der Waals surface area contributed by atoms with Gasteiger partial charge in [-0.2, -0.15) is 0 Å². The van der Waals surface area contributed by atoms with Crippen molar-refractivity contribution in [3.63, 3.8) is 0 Å². The Hall–Kier alpha value is -1.89. The minimum Gasteiger partial charge on any atom is -0.494 e. The van der Waals surface area contributed by atoms with Gasteiger partial charge < -0.3 is 19.9 Å². The van der Waals surface area contributed by atoms with Gasteiger partial charge in [0.25, 0.3) is 0 Å². The van der Waals surface area contributed by atoms with Crippen LogP contribution in [-0.4, -0.2) is 31.8 Å². The third-order valence-corrected chi connectivity index (χ3v) is 3.44. The molecular formula is C13H15F2NO4. The number of aliphatic carboxylic acids is 1. The molecule has 1 aromatic rings. The lowest BCUT2D eigenvalue weighted by atomic mass is 9.98. The second-order valence-corrected chi connectivity index (χ2v) is 4.55. The molecule has 0 amide bonds. The normalized spacial score (nSPS) is 21.8. The summed E-state index contributed by atoms with van der Waals surface area (Å²) in [6.07, 6.45) is 0.111. The summed E-state index contributed by atoms with van der Waals surface area (Å²) in [5.74, 6) is -3.62. The molecule has 1 saturated heterocycles. The number of carboxylic acid groups (broad SMARTS) is 1. The second-order valence-electron chi connectivity index (χ2n) is 4.55. The molecule has 5 nitrogen and oxygen atoms in total. The van der Waals surface area contributed by atoms with Crippen molar-refractivity contribution >= 4 is 5.97 Å². The number of carbonyl (C=O) groups is 1. The maximum Gasteiger partial charge on any atom is 0.307 e. The molecule has 0 aromatic heterocycles. The van der Waals surface area contributed by atoms with Crippen molar-refractivity contribution in [1.82, 2.24) is 5.32 Å². The average molecular weight is 287 g/mol. The van der Waals surface area contributed by atoms with Crippen LogP contribution in [0.15, 0.2) is 6.07 Å². The highest BCUT2D eigenvalue weighted by Gasteiger charge is 2.35. The number of hydrogen-bond acceptors (Lipinski definition) is 4. The molecule has 1 fully saturated rings. The molecule has 2 atom stereocenters. The third-order valence-electron chi connectivity index (χ3n) is 3.44. The number of benzene rings is 1. The number of carboxylic acids is 1. The van der Waals surface area contributed by atoms with E-state index in [2.05, 4.69) is 5.32 Å². The molecule has 1 heterocycles. The van der Waals surface area contributed by atoms with Gasteiger partial charge in [-0.1, -0.05) is 0 Å². The Morgan fingerprint density at radius 1 is 1.30 bits per heavy atom. The Morgan fingerprint density at radius 2 is 1.85 bits per heavy atom. The van der Waals surface area contributed by atoms with Crippen LogP contribution in [-0.2, 0) is 4.79 Å². The Balaban J connectivity index is 2.43. The van der Waals surface area contributed by atoms with Gasteiger partial charge >= 0.3 is 5.97 Å². The highest BCUT2D eigenvalue weighted by atomic mass is 19.1. The second kappa shape index (κ2) is 5.62. The summed E-state index contributed by atoms with van der Waals surface area (Å²) in [6, 6.07) is 0.401. The fourth-order valence-corrected chi connectivity index (χ4v) is 2.35. The Labute approximate surface area is 114 Å². The molecule has 0 radical (unpaired) electrons. The molecule has 0 aliphatic carbocycles. The molecule has 0 saturated carbocycles. The van der Waals surface area contributed by atoms with E-state index in [1.165, 1.54) is 14.2 Å². The number of methoxy groups -OCH3 is 2. The summed E-state index contributed by atoms with van der Waals surface area (Å²) in [4.78, 5) is 10.9. The maximum absolute atomic E-state index is 14.2. The van der Waals surface area contributed by atoms with Crippen LogP contribution in [0.1, 0.15) is 18.0 Å². The summed E-state index contributed by atoms with van der Waals surface area (Å²) in [7, 11) is 2.53. The number of hydrogen-bond donors (Lipinski definition) is 2. The quantitative estimate of drug-likeness (QED) is 0.882. The molecular weight excluding hydrogens is 272 g/mol. The zero-order valence-corrected chi connectivity index (χ0v) is 11.1. The van der Waals surface area contributed by atoms with E-state index < -0.39 is 29.6 Å². The van der Waals surface area contributed by atoms with Crippen molar-refractivity contribution in [3.8, 4) is 11.5 Å². The summed E-state index contributed by atoms with van der Waals surface area (Å²) in [5, 5.41) is 11.8. The molecule has 2 N–H and O–H groups in total. The molecule has 2 unspecified atom stereocenters. The van der Waals surface area contributed by atoms with Gasteiger partial charge in [0.2, 0.25) is 0 Å². The maximum atomic E-state index is 14.2. The van der Waals surface area contributed by atoms with Crippen LogP contribution in [0.2, 0.25) is 0 Å². The largest absolute Gasteiger partial charge is 0.494 e. The van der Waals surface area contributed by atoms with Gasteiger partial charge in [0, 0.05) is 24.2 Å². The first-order valence-corrected chi connectivity index (χ1v) is 6.05. The van der Waals surface area contributed by atoms with Gasteiger partial charge in [-0.3, -0.25) is 4.79 Å². The zero-order valence-electron chi connectivity index (χ0n) is 11.1. The molecule has 7 heteroatoms. The first kappa shape index (κ1) is 14.5. The molecule has 1 aliphatic rings. The van der Waals surface area contributed by atoms with Crippen molar-refractivity contribution < 1.29 is 28.2 Å². The number of halogens is 2. The standard InChI is InChI=1S/C13H15F2NO4/c1-19-8-4-9(20-2)12(15)10(11(8)14)7-3-6(5-16-7)13(17)18/h4,6-7,16H,3,5H2,1-2H3,(H,17,18). The topological polar surface area (TPSA) is 67.8 Å². The summed E-state index contributed by atoms with van der Waals surface area (Å²) >= 11 is 0. The van der Waals surface area contributed by atoms with Crippen molar-refractivity contribution in [2.24, 2.45) is 5.92 Å². The molecule has 110 valence electrons. The van der Waals surface area contributed by atoms with E-state index in [-0.39, 0.29) is 30.0 Å². The lowest BCUT2D eigenvalue weighted by molar-refractivity contribution is -0.141. The molecule has 2 rings (SSSR count). The minimum absolute atomic E-state index is 0.111. The van der Waals surface area contributed by atoms with E-state index >= 15 is 0 Å². The Morgan fingerprint density at radius 3 is 2.25 bits per heavy atom. The van der Waals surface area contributed by atoms with Crippen molar-refractivity contribution in [3.05, 3.63) is 23.3 Å². The zero-order chi connectivity index (χ0) is 14.9. The van der Waals surface area contributed by atoms with Crippen molar-refractivity contribution in [1.29, 1.82) is 0 Å². The van der Waals surface area contributed by atoms with Crippen LogP contribution in [0.4, 0.5) is 8.78 Å². The lowest BCUT2D eigenvalue weighted by Gasteiger charge is -2.17. The number of nitrogens with one attached hydrogen (secondary N) is 1. The minimum atomic E-state index is -0.990. The number of ether oxygens (including phenoxy) is 2. The van der Waals surface area contributed by atoms with Crippen molar-refractivity contribution in [2.75, 3.05) is 20.8 Å². The lowest BCUT2D eigenvalue weighted by Crippen LogP contribution is -2.18. The predicted molar refractivity (Wildman–Crippen MR) is 65.9 cm³/mol. The van der Waals surface area contributed by atoms with Gasteiger partial charge in [0.15, 0.2) is 23.1 Å². The SMILES string of the molecule is COc1cc(OC)c(F)c(C2CC(C(=O)O)CN2)c1F. The molecule has 20 heavy (non-hydrogen) atoms. The fourth-order valence-electron chi connectivity index (χ4n) is 2.35. The molecule has 1 aliphatic heterocycles. The fraction of sp³-hybridized carbons (Fsp3) is 0.462. The van der Waals surface area contributed by atoms with Gasteiger partial charge in [0.05, 0.1) is 20.1 Å². The molecule has 0 bridgehead atoms. The first-order valence-electron chi connectivity index (χ1n) is 6.05. The number of rotatable bonds is 4. The Kier molecular flexibility index (Phi) is 4.08. The van der Waals surface area contributed by atoms with Gasteiger partial charge in [-0.25, -0.2) is 8.78 Å². The average Bonchev–Trinajstić information content (AvgIpc) is 2.89. The van der Waals surface area contributed by atoms with E-state index in [1.54, 1.807) is 0 Å². The van der Waals surface area contributed by atoms with Gasteiger partial charge in [-0.15, -0.1) is 0 Å². The van der Waals surface area contributed by atoms with Crippen LogP contribution in [0.25, 0.3) is 0 Å². The van der Waals surface area contributed by atoms with Crippen LogP contribution < -0.4 is 14.8 Å². The smallest absolute Gasteiger partial charge is 0.307 e. The monoisotopic (exact) mass is 287 g/mol. The molecule has 0 spiro atoms. The highest BCUT2D eigenvalue weighted by molar-refractivity contribution is 5.71. The summed E-state index contributed by atoms with van der Waals surface area (Å²) in [6.45, 7) is 0.165. The van der Waals surface area contributed by atoms with Crippen LogP contribution in [0, 0.1) is 17.6 Å². The van der Waals surface area contributed by atoms with Gasteiger partial charge in [-0.05, 0) is 6.42 Å². The van der Waals surface area contributed by atoms with E-state index in [9.17, 15) is 13.6 Å². The summed E-state index contributed by atoms with van der Waals surface area (Å²) < 4.78 is 38.1. The van der Waals surface area contributed by atoms with Crippen LogP contribution in [0.3, 0.4) is 0 Å².